The Bertz CT molecular complexity index is 1390. The summed E-state index contributed by atoms with van der Waals surface area (Å²) in [5.41, 5.74) is -0.609. The normalized spacial score (nSPS) is 14.9. The van der Waals surface area contributed by atoms with E-state index < -0.39 is 23.0 Å². The number of nitrogens with one attached hydrogen (secondary N) is 1. The van der Waals surface area contributed by atoms with Gasteiger partial charge in [0.25, 0.3) is 11.5 Å². The fourth-order valence-corrected chi connectivity index (χ4v) is 3.65. The number of amides is 1. The van der Waals surface area contributed by atoms with Gasteiger partial charge in [-0.15, -0.1) is 0 Å². The lowest BCUT2D eigenvalue weighted by Gasteiger charge is -2.12. The van der Waals surface area contributed by atoms with Gasteiger partial charge in [-0.3, -0.25) is 14.6 Å². The number of aromatic nitrogens is 2. The molecule has 2 aromatic carbocycles. The predicted octanol–water partition coefficient (Wildman–Crippen LogP) is 3.30. The van der Waals surface area contributed by atoms with Crippen molar-refractivity contribution in [1.29, 1.82) is 0 Å². The highest BCUT2D eigenvalue weighted by Crippen LogP contribution is 2.27. The first-order chi connectivity index (χ1) is 14.8. The highest BCUT2D eigenvalue weighted by Gasteiger charge is 2.29. The van der Waals surface area contributed by atoms with Gasteiger partial charge in [-0.1, -0.05) is 17.7 Å². The number of hydrogen-bond donors (Lipinski definition) is 2. The Labute approximate surface area is 194 Å². The zero-order chi connectivity index (χ0) is 22.3. The summed E-state index contributed by atoms with van der Waals surface area (Å²) >= 11 is 8.14. The molecule has 156 valence electrons. The van der Waals surface area contributed by atoms with Crippen molar-refractivity contribution < 1.29 is 9.90 Å². The molecule has 8 nitrogen and oxygen atoms in total. The zero-order valence-electron chi connectivity index (χ0n) is 16.0. The molecule has 0 radical (unpaired) electrons. The van der Waals surface area contributed by atoms with Crippen molar-refractivity contribution in [2.24, 2.45) is 5.10 Å². The smallest absolute Gasteiger partial charge is 0.335 e. The quantitative estimate of drug-likeness (QED) is 0.387. The molecule has 0 atom stereocenters. The van der Waals surface area contributed by atoms with Crippen LogP contribution in [0.1, 0.15) is 12.5 Å². The number of anilines is 1. The number of benzene rings is 2. The van der Waals surface area contributed by atoms with Gasteiger partial charge in [0.2, 0.25) is 5.88 Å². The number of carbonyl (C=O) groups excluding carboxylic acids is 1. The number of hydrogen-bond acceptors (Lipinski definition) is 5. The number of aromatic hydroxyl groups is 1. The van der Waals surface area contributed by atoms with Crippen LogP contribution in [0.25, 0.3) is 11.8 Å². The van der Waals surface area contributed by atoms with E-state index in [1.54, 1.807) is 37.3 Å². The standard InChI is InChI=1S/C21H14ClIN4O4/c1-11-16(20(30)27(25-11)14-7-5-13(23)6-8-14)10-17-18(28)24-21(31)26(19(17)29)15-4-2-3-12(22)9-15/h2-10,29H,1H3,(H,24,28,31)/b16-10+. The molecule has 0 spiro atoms. The topological polar surface area (TPSA) is 108 Å². The fraction of sp³-hybridized carbons (Fsp3) is 0.0476. The number of nitrogens with zero attached hydrogens (tertiary/aromatic N) is 3. The highest BCUT2D eigenvalue weighted by molar-refractivity contribution is 14.1. The second-order valence-electron chi connectivity index (χ2n) is 6.65. The second-order valence-corrected chi connectivity index (χ2v) is 8.33. The Hall–Kier alpha value is -3.18. The molecule has 10 heteroatoms. The number of aromatic amines is 1. The van der Waals surface area contributed by atoms with Crippen LogP contribution >= 0.6 is 34.2 Å². The van der Waals surface area contributed by atoms with E-state index in [2.05, 4.69) is 32.7 Å². The van der Waals surface area contributed by atoms with Gasteiger partial charge in [-0.2, -0.15) is 10.1 Å². The molecular weight excluding hydrogens is 535 g/mol. The monoisotopic (exact) mass is 548 g/mol. The Balaban J connectivity index is 1.82. The van der Waals surface area contributed by atoms with Gasteiger partial charge in [-0.25, -0.2) is 9.36 Å². The molecule has 1 aromatic heterocycles. The molecule has 0 fully saturated rings. The lowest BCUT2D eigenvalue weighted by atomic mass is 10.1. The SMILES string of the molecule is CC1=NN(c2ccc(I)cc2)C(=O)/C1=C/c1c(O)n(-c2cccc(Cl)c2)c(=O)[nH]c1=O. The third-order valence-corrected chi connectivity index (χ3v) is 5.56. The zero-order valence-corrected chi connectivity index (χ0v) is 18.9. The van der Waals surface area contributed by atoms with Gasteiger partial charge in [0.1, 0.15) is 5.56 Å². The van der Waals surface area contributed by atoms with E-state index in [0.717, 1.165) is 8.14 Å². The van der Waals surface area contributed by atoms with Crippen LogP contribution in [-0.2, 0) is 4.79 Å². The number of carbonyl (C=O) groups is 1. The Kier molecular flexibility index (Phi) is 5.54. The van der Waals surface area contributed by atoms with Crippen LogP contribution in [0.15, 0.2) is 68.8 Å². The molecule has 0 saturated heterocycles. The lowest BCUT2D eigenvalue weighted by Crippen LogP contribution is -2.30. The van der Waals surface area contributed by atoms with Gasteiger partial charge in [0, 0.05) is 8.59 Å². The van der Waals surface area contributed by atoms with E-state index in [1.807, 2.05) is 12.1 Å². The Morgan fingerprint density at radius 3 is 2.48 bits per heavy atom. The van der Waals surface area contributed by atoms with Crippen LogP contribution in [0.3, 0.4) is 0 Å². The third kappa shape index (κ3) is 3.93. The third-order valence-electron chi connectivity index (χ3n) is 4.61. The molecule has 0 saturated carbocycles. The summed E-state index contributed by atoms with van der Waals surface area (Å²) in [7, 11) is 0. The van der Waals surface area contributed by atoms with E-state index in [0.29, 0.717) is 16.4 Å². The van der Waals surface area contributed by atoms with Crippen LogP contribution in [0.2, 0.25) is 5.02 Å². The summed E-state index contributed by atoms with van der Waals surface area (Å²) in [6, 6.07) is 13.4. The van der Waals surface area contributed by atoms with Crippen LogP contribution in [0, 0.1) is 3.57 Å². The molecule has 1 aliphatic heterocycles. The van der Waals surface area contributed by atoms with E-state index in [-0.39, 0.29) is 16.8 Å². The summed E-state index contributed by atoms with van der Waals surface area (Å²) in [4.78, 5) is 39.9. The van der Waals surface area contributed by atoms with Crippen molar-refractivity contribution in [2.75, 3.05) is 5.01 Å². The first-order valence-electron chi connectivity index (χ1n) is 8.98. The number of halogens is 2. The predicted molar refractivity (Wildman–Crippen MR) is 127 cm³/mol. The van der Waals surface area contributed by atoms with Gasteiger partial charge in [0.05, 0.1) is 22.7 Å². The number of H-pyrrole nitrogens is 1. The fourth-order valence-electron chi connectivity index (χ4n) is 3.11. The van der Waals surface area contributed by atoms with Crippen molar-refractivity contribution in [1.82, 2.24) is 9.55 Å². The average Bonchev–Trinajstić information content (AvgIpc) is 2.99. The Morgan fingerprint density at radius 2 is 1.81 bits per heavy atom. The van der Waals surface area contributed by atoms with Crippen molar-refractivity contribution in [3.63, 3.8) is 0 Å². The molecule has 4 rings (SSSR count). The van der Waals surface area contributed by atoms with E-state index in [4.69, 9.17) is 11.6 Å². The molecule has 1 amide bonds. The van der Waals surface area contributed by atoms with Crippen LogP contribution in [0.5, 0.6) is 5.88 Å². The van der Waals surface area contributed by atoms with Crippen LogP contribution in [0.4, 0.5) is 5.69 Å². The number of hydrazone groups is 1. The Morgan fingerprint density at radius 1 is 1.10 bits per heavy atom. The van der Waals surface area contributed by atoms with Gasteiger partial charge < -0.3 is 5.11 Å². The van der Waals surface area contributed by atoms with Crippen LogP contribution < -0.4 is 16.3 Å². The molecule has 0 bridgehead atoms. The summed E-state index contributed by atoms with van der Waals surface area (Å²) in [5, 5.41) is 16.6. The second kappa shape index (κ2) is 8.16. The van der Waals surface area contributed by atoms with Crippen LogP contribution in [-0.4, -0.2) is 26.3 Å². The molecule has 31 heavy (non-hydrogen) atoms. The maximum atomic E-state index is 13.0. The summed E-state index contributed by atoms with van der Waals surface area (Å²) in [5.74, 6) is -1.07. The van der Waals surface area contributed by atoms with Crippen molar-refractivity contribution in [3.05, 3.63) is 89.1 Å². The maximum absolute atomic E-state index is 13.0. The highest BCUT2D eigenvalue weighted by atomic mass is 127. The first-order valence-corrected chi connectivity index (χ1v) is 10.4. The summed E-state index contributed by atoms with van der Waals surface area (Å²) in [6.45, 7) is 1.62. The molecule has 0 unspecified atom stereocenters. The van der Waals surface area contributed by atoms with E-state index in [1.165, 1.54) is 17.2 Å². The largest absolute Gasteiger partial charge is 0.494 e. The number of rotatable bonds is 3. The van der Waals surface area contributed by atoms with Crippen molar-refractivity contribution in [2.45, 2.75) is 6.92 Å². The van der Waals surface area contributed by atoms with Gasteiger partial charge >= 0.3 is 5.69 Å². The molecule has 2 N–H and O–H groups in total. The average molecular weight is 549 g/mol. The van der Waals surface area contributed by atoms with Crippen molar-refractivity contribution >= 4 is 57.6 Å². The van der Waals surface area contributed by atoms with Gasteiger partial charge in [-0.05, 0) is 78.1 Å². The molecule has 2 heterocycles. The van der Waals surface area contributed by atoms with E-state index >= 15 is 0 Å². The minimum absolute atomic E-state index is 0.121. The van der Waals surface area contributed by atoms with E-state index in [9.17, 15) is 19.5 Å². The summed E-state index contributed by atoms with van der Waals surface area (Å²) < 4.78 is 1.91. The molecule has 0 aliphatic carbocycles. The molecule has 3 aromatic rings. The van der Waals surface area contributed by atoms with Gasteiger partial charge in [0.15, 0.2) is 0 Å². The molecule has 1 aliphatic rings. The first kappa shape index (κ1) is 21.1. The van der Waals surface area contributed by atoms with Crippen molar-refractivity contribution in [3.8, 4) is 11.6 Å². The molecular formula is C21H14ClIN4O4. The maximum Gasteiger partial charge on any atom is 0.335 e. The minimum Gasteiger partial charge on any atom is -0.494 e. The summed E-state index contributed by atoms with van der Waals surface area (Å²) in [6.07, 6.45) is 1.22. The lowest BCUT2D eigenvalue weighted by molar-refractivity contribution is -0.114. The minimum atomic E-state index is -0.837.